The van der Waals surface area contributed by atoms with Crippen molar-refractivity contribution in [2.75, 3.05) is 0 Å². The lowest BCUT2D eigenvalue weighted by Gasteiger charge is -2.38. The summed E-state index contributed by atoms with van der Waals surface area (Å²) in [6.45, 7) is 1.97. The van der Waals surface area contributed by atoms with Crippen molar-refractivity contribution in [3.63, 3.8) is 0 Å². The fraction of sp³-hybridized carbons (Fsp3) is 0.391. The van der Waals surface area contributed by atoms with E-state index in [1.54, 1.807) is 12.1 Å². The van der Waals surface area contributed by atoms with Crippen molar-refractivity contribution in [3.05, 3.63) is 71.8 Å². The predicted molar refractivity (Wildman–Crippen MR) is 102 cm³/mol. The summed E-state index contributed by atoms with van der Waals surface area (Å²) in [4.78, 5) is 25.3. The molecule has 26 heavy (non-hydrogen) atoms. The molecule has 0 N–H and O–H groups in total. The highest BCUT2D eigenvalue weighted by atomic mass is 16.5. The van der Waals surface area contributed by atoms with Crippen LogP contribution in [0, 0.1) is 5.41 Å². The molecule has 0 aromatic heterocycles. The molecule has 0 saturated heterocycles. The van der Waals surface area contributed by atoms with Crippen LogP contribution in [0.25, 0.3) is 0 Å². The van der Waals surface area contributed by atoms with Gasteiger partial charge >= 0.3 is 5.97 Å². The van der Waals surface area contributed by atoms with Gasteiger partial charge in [0.2, 0.25) is 0 Å². The van der Waals surface area contributed by atoms with Gasteiger partial charge in [-0.1, -0.05) is 55.0 Å². The molecule has 0 unspecified atom stereocenters. The molecule has 3 rings (SSSR count). The number of hydrogen-bond acceptors (Lipinski definition) is 3. The Bertz CT molecular complexity index is 739. The van der Waals surface area contributed by atoms with E-state index in [9.17, 15) is 9.59 Å². The van der Waals surface area contributed by atoms with E-state index in [2.05, 4.69) is 12.1 Å². The van der Waals surface area contributed by atoms with E-state index in [1.165, 1.54) is 5.56 Å². The van der Waals surface area contributed by atoms with E-state index in [0.29, 0.717) is 18.4 Å². The Kier molecular flexibility index (Phi) is 5.87. The highest BCUT2D eigenvalue weighted by molar-refractivity contribution is 5.90. The summed E-state index contributed by atoms with van der Waals surface area (Å²) in [6.07, 6.45) is 4.36. The van der Waals surface area contributed by atoms with E-state index < -0.39 is 11.5 Å². The minimum Gasteiger partial charge on any atom is -0.458 e. The fourth-order valence-corrected chi connectivity index (χ4v) is 3.76. The van der Waals surface area contributed by atoms with E-state index in [1.807, 2.05) is 43.3 Å². The maximum absolute atomic E-state index is 12.7. The molecule has 1 aliphatic rings. The zero-order valence-electron chi connectivity index (χ0n) is 15.3. The number of aryl methyl sites for hydroxylation is 1. The molecular formula is C23H26O3. The number of carbonyl (C=O) groups excluding carboxylic acids is 2. The highest BCUT2D eigenvalue weighted by Crippen LogP contribution is 2.39. The number of rotatable bonds is 6. The maximum Gasteiger partial charge on any atom is 0.338 e. The predicted octanol–water partition coefficient (Wildman–Crippen LogP) is 4.99. The van der Waals surface area contributed by atoms with Crippen LogP contribution in [0.4, 0.5) is 0 Å². The van der Waals surface area contributed by atoms with Crippen molar-refractivity contribution in [1.29, 1.82) is 0 Å². The smallest absolute Gasteiger partial charge is 0.338 e. The molecule has 2 aromatic rings. The normalized spacial score (nSPS) is 21.2. The molecule has 0 heterocycles. The highest BCUT2D eigenvalue weighted by Gasteiger charge is 2.44. The van der Waals surface area contributed by atoms with Crippen LogP contribution in [0.15, 0.2) is 60.7 Å². The molecule has 0 spiro atoms. The number of hydrogen-bond donors (Lipinski definition) is 0. The number of benzene rings is 2. The largest absolute Gasteiger partial charge is 0.458 e. The third kappa shape index (κ3) is 4.21. The molecule has 3 nitrogen and oxygen atoms in total. The molecule has 2 aromatic carbocycles. The first-order chi connectivity index (χ1) is 12.6. The first-order valence-corrected chi connectivity index (χ1v) is 9.43. The van der Waals surface area contributed by atoms with Crippen molar-refractivity contribution < 1.29 is 14.3 Å². The molecule has 0 aliphatic heterocycles. The van der Waals surface area contributed by atoms with Gasteiger partial charge in [-0.2, -0.15) is 0 Å². The molecular weight excluding hydrogens is 324 g/mol. The SMILES string of the molecule is C[C@@]1([C@H](CCc2ccccc2)OC(=O)c2ccccc2)CCCCC1=O. The molecule has 136 valence electrons. The van der Waals surface area contributed by atoms with Gasteiger partial charge in [-0.25, -0.2) is 4.79 Å². The second-order valence-corrected chi connectivity index (χ2v) is 7.33. The van der Waals surface area contributed by atoms with Gasteiger partial charge in [0.05, 0.1) is 11.0 Å². The van der Waals surface area contributed by atoms with Gasteiger partial charge in [-0.15, -0.1) is 0 Å². The molecule has 1 aliphatic carbocycles. The summed E-state index contributed by atoms with van der Waals surface area (Å²) in [7, 11) is 0. The van der Waals surface area contributed by atoms with Gasteiger partial charge in [-0.05, 0) is 50.3 Å². The summed E-state index contributed by atoms with van der Waals surface area (Å²) in [5.74, 6) is -0.120. The second kappa shape index (κ2) is 8.31. The summed E-state index contributed by atoms with van der Waals surface area (Å²) in [5.41, 5.74) is 1.14. The second-order valence-electron chi connectivity index (χ2n) is 7.33. The zero-order chi connectivity index (χ0) is 18.4. The lowest BCUT2D eigenvalue weighted by atomic mass is 9.69. The monoisotopic (exact) mass is 350 g/mol. The van der Waals surface area contributed by atoms with E-state index >= 15 is 0 Å². The number of carbonyl (C=O) groups is 2. The van der Waals surface area contributed by atoms with Crippen LogP contribution in [0.5, 0.6) is 0 Å². The van der Waals surface area contributed by atoms with Gasteiger partial charge in [0.25, 0.3) is 0 Å². The quantitative estimate of drug-likeness (QED) is 0.689. The van der Waals surface area contributed by atoms with Gasteiger partial charge in [0.1, 0.15) is 11.9 Å². The maximum atomic E-state index is 12.7. The van der Waals surface area contributed by atoms with Crippen molar-refractivity contribution in [2.24, 2.45) is 5.41 Å². The molecule has 0 amide bonds. The van der Waals surface area contributed by atoms with Crippen LogP contribution in [-0.2, 0) is 16.0 Å². The van der Waals surface area contributed by atoms with Crippen LogP contribution in [0.1, 0.15) is 54.9 Å². The summed E-state index contributed by atoms with van der Waals surface area (Å²) < 4.78 is 5.91. The van der Waals surface area contributed by atoms with Crippen molar-refractivity contribution in [2.45, 2.75) is 51.6 Å². The molecule has 0 radical (unpaired) electrons. The Hall–Kier alpha value is -2.42. The van der Waals surface area contributed by atoms with Gasteiger partial charge in [0, 0.05) is 6.42 Å². The van der Waals surface area contributed by atoms with Gasteiger partial charge in [0.15, 0.2) is 0 Å². The number of Topliss-reactive ketones (excluding diaryl/α,β-unsaturated/α-hetero) is 1. The van der Waals surface area contributed by atoms with Gasteiger partial charge in [-0.3, -0.25) is 4.79 Å². The summed E-state index contributed by atoms with van der Waals surface area (Å²) in [5, 5.41) is 0. The third-order valence-electron chi connectivity index (χ3n) is 5.49. The topological polar surface area (TPSA) is 43.4 Å². The van der Waals surface area contributed by atoms with Crippen LogP contribution in [0.3, 0.4) is 0 Å². The first kappa shape index (κ1) is 18.4. The lowest BCUT2D eigenvalue weighted by Crippen LogP contribution is -2.44. The molecule has 1 saturated carbocycles. The average molecular weight is 350 g/mol. The number of ketones is 1. The van der Waals surface area contributed by atoms with Crippen molar-refractivity contribution >= 4 is 11.8 Å². The Morgan fingerprint density at radius 3 is 2.35 bits per heavy atom. The zero-order valence-corrected chi connectivity index (χ0v) is 15.3. The summed E-state index contributed by atoms with van der Waals surface area (Å²) in [6, 6.07) is 19.2. The molecule has 1 fully saturated rings. The van der Waals surface area contributed by atoms with Crippen LogP contribution in [-0.4, -0.2) is 17.9 Å². The van der Waals surface area contributed by atoms with Gasteiger partial charge < -0.3 is 4.74 Å². The van der Waals surface area contributed by atoms with Crippen LogP contribution in [0.2, 0.25) is 0 Å². The third-order valence-corrected chi connectivity index (χ3v) is 5.49. The molecule has 0 bridgehead atoms. The summed E-state index contributed by atoms with van der Waals surface area (Å²) >= 11 is 0. The standard InChI is InChI=1S/C23H26O3/c1-23(17-9-8-14-20(23)24)21(16-15-18-10-4-2-5-11-18)26-22(25)19-12-6-3-7-13-19/h2-7,10-13,21H,8-9,14-17H2,1H3/t21-,23+/m0/s1. The number of ether oxygens (including phenoxy) is 1. The fourth-order valence-electron chi connectivity index (χ4n) is 3.76. The lowest BCUT2D eigenvalue weighted by molar-refractivity contribution is -0.138. The Morgan fingerprint density at radius 1 is 1.04 bits per heavy atom. The van der Waals surface area contributed by atoms with E-state index in [4.69, 9.17) is 4.74 Å². The van der Waals surface area contributed by atoms with E-state index in [0.717, 1.165) is 25.7 Å². The Morgan fingerprint density at radius 2 is 1.69 bits per heavy atom. The van der Waals surface area contributed by atoms with Crippen molar-refractivity contribution in [3.8, 4) is 0 Å². The number of esters is 1. The van der Waals surface area contributed by atoms with E-state index in [-0.39, 0.29) is 11.8 Å². The van der Waals surface area contributed by atoms with Crippen LogP contribution >= 0.6 is 0 Å². The average Bonchev–Trinajstić information content (AvgIpc) is 2.68. The molecule has 2 atom stereocenters. The van der Waals surface area contributed by atoms with Crippen molar-refractivity contribution in [1.82, 2.24) is 0 Å². The minimum absolute atomic E-state index is 0.225. The van der Waals surface area contributed by atoms with Crippen LogP contribution < -0.4 is 0 Å². The Balaban J connectivity index is 1.78. The minimum atomic E-state index is -0.586. The molecule has 3 heteroatoms. The first-order valence-electron chi connectivity index (χ1n) is 9.43. The Labute approximate surface area is 155 Å².